The molecular formula is C10H17NO5. The summed E-state index contributed by atoms with van der Waals surface area (Å²) in [7, 11) is 0. The minimum Gasteiger partial charge on any atom is -0.481 e. The number of hydrogen-bond donors (Lipinski definition) is 3. The van der Waals surface area contributed by atoms with Crippen molar-refractivity contribution in [1.29, 1.82) is 0 Å². The van der Waals surface area contributed by atoms with Gasteiger partial charge in [-0.1, -0.05) is 20.8 Å². The van der Waals surface area contributed by atoms with E-state index in [9.17, 15) is 14.4 Å². The van der Waals surface area contributed by atoms with Crippen molar-refractivity contribution in [3.63, 3.8) is 0 Å². The maximum Gasteiger partial charge on any atom is 0.326 e. The van der Waals surface area contributed by atoms with Crippen LogP contribution in [-0.2, 0) is 14.4 Å². The van der Waals surface area contributed by atoms with Crippen molar-refractivity contribution >= 4 is 17.8 Å². The zero-order valence-corrected chi connectivity index (χ0v) is 9.61. The molecule has 1 unspecified atom stereocenters. The number of carboxylic acid groups (broad SMARTS) is 2. The summed E-state index contributed by atoms with van der Waals surface area (Å²) in [4.78, 5) is 32.4. The van der Waals surface area contributed by atoms with Gasteiger partial charge in [-0.25, -0.2) is 4.79 Å². The molecule has 0 aromatic rings. The van der Waals surface area contributed by atoms with Gasteiger partial charge in [-0.2, -0.15) is 0 Å². The average Bonchev–Trinajstić information content (AvgIpc) is 1.97. The van der Waals surface area contributed by atoms with E-state index >= 15 is 0 Å². The summed E-state index contributed by atoms with van der Waals surface area (Å²) in [6.07, 6.45) is -0.471. The molecule has 0 aliphatic carbocycles. The first-order chi connectivity index (χ1) is 7.11. The third-order valence-corrected chi connectivity index (χ3v) is 1.70. The molecule has 0 aliphatic rings. The van der Waals surface area contributed by atoms with Gasteiger partial charge in [-0.15, -0.1) is 0 Å². The smallest absolute Gasteiger partial charge is 0.326 e. The van der Waals surface area contributed by atoms with E-state index in [2.05, 4.69) is 5.32 Å². The van der Waals surface area contributed by atoms with Crippen LogP contribution in [0.4, 0.5) is 0 Å². The van der Waals surface area contributed by atoms with Crippen LogP contribution in [0.2, 0.25) is 0 Å². The van der Waals surface area contributed by atoms with E-state index in [1.54, 1.807) is 0 Å². The van der Waals surface area contributed by atoms with Crippen LogP contribution >= 0.6 is 0 Å². The minimum absolute atomic E-state index is 0.149. The molecule has 92 valence electrons. The largest absolute Gasteiger partial charge is 0.481 e. The quantitative estimate of drug-likeness (QED) is 0.638. The zero-order valence-electron chi connectivity index (χ0n) is 9.61. The van der Waals surface area contributed by atoms with Crippen molar-refractivity contribution in [2.45, 2.75) is 39.7 Å². The first-order valence-corrected chi connectivity index (χ1v) is 4.86. The molecule has 3 N–H and O–H groups in total. The Morgan fingerprint density at radius 1 is 1.19 bits per heavy atom. The van der Waals surface area contributed by atoms with Crippen LogP contribution in [0.15, 0.2) is 0 Å². The van der Waals surface area contributed by atoms with Crippen LogP contribution in [0.25, 0.3) is 0 Å². The standard InChI is InChI=1S/C10H17NO5/c1-10(2,3)5-7(12)11-6(9(15)16)4-8(13)14/h6H,4-5H2,1-3H3,(H,11,12)(H,13,14)(H,15,16). The van der Waals surface area contributed by atoms with Gasteiger partial charge >= 0.3 is 11.9 Å². The Morgan fingerprint density at radius 3 is 2.00 bits per heavy atom. The molecule has 0 bridgehead atoms. The van der Waals surface area contributed by atoms with Crippen molar-refractivity contribution in [2.75, 3.05) is 0 Å². The van der Waals surface area contributed by atoms with E-state index in [1.165, 1.54) is 0 Å². The molecule has 0 rings (SSSR count). The maximum absolute atomic E-state index is 11.4. The fraction of sp³-hybridized carbons (Fsp3) is 0.700. The van der Waals surface area contributed by atoms with Gasteiger partial charge in [0.2, 0.25) is 5.91 Å². The molecule has 0 aromatic heterocycles. The van der Waals surface area contributed by atoms with Gasteiger partial charge in [0.1, 0.15) is 6.04 Å². The van der Waals surface area contributed by atoms with Gasteiger partial charge in [-0.3, -0.25) is 9.59 Å². The number of rotatable bonds is 5. The van der Waals surface area contributed by atoms with E-state index in [-0.39, 0.29) is 11.8 Å². The second-order valence-corrected chi connectivity index (χ2v) is 4.79. The highest BCUT2D eigenvalue weighted by Crippen LogP contribution is 2.18. The van der Waals surface area contributed by atoms with Gasteiger partial charge < -0.3 is 15.5 Å². The fourth-order valence-corrected chi connectivity index (χ4v) is 1.10. The summed E-state index contributed by atoms with van der Waals surface area (Å²) in [6, 6.07) is -1.37. The Bertz CT molecular complexity index is 292. The molecule has 6 nitrogen and oxygen atoms in total. The van der Waals surface area contributed by atoms with Gasteiger partial charge in [0.25, 0.3) is 0 Å². The van der Waals surface area contributed by atoms with E-state index in [1.807, 2.05) is 20.8 Å². The van der Waals surface area contributed by atoms with E-state index in [4.69, 9.17) is 10.2 Å². The van der Waals surface area contributed by atoms with Crippen molar-refractivity contribution in [2.24, 2.45) is 5.41 Å². The predicted molar refractivity (Wildman–Crippen MR) is 55.9 cm³/mol. The zero-order chi connectivity index (χ0) is 12.9. The number of amides is 1. The Labute approximate surface area is 93.6 Å². The predicted octanol–water partition coefficient (Wildman–Crippen LogP) is 0.467. The van der Waals surface area contributed by atoms with Gasteiger partial charge in [-0.05, 0) is 5.41 Å². The van der Waals surface area contributed by atoms with E-state index < -0.39 is 30.3 Å². The second-order valence-electron chi connectivity index (χ2n) is 4.79. The SMILES string of the molecule is CC(C)(C)CC(=O)NC(CC(=O)O)C(=O)O. The summed E-state index contributed by atoms with van der Waals surface area (Å²) in [5.41, 5.74) is -0.267. The normalized spacial score (nSPS) is 12.9. The molecular weight excluding hydrogens is 214 g/mol. The number of carbonyl (C=O) groups excluding carboxylic acids is 1. The van der Waals surface area contributed by atoms with Crippen LogP contribution in [0.5, 0.6) is 0 Å². The lowest BCUT2D eigenvalue weighted by molar-refractivity contribution is -0.147. The molecule has 0 saturated carbocycles. The van der Waals surface area contributed by atoms with Crippen LogP contribution in [0.3, 0.4) is 0 Å². The van der Waals surface area contributed by atoms with Gasteiger partial charge in [0.05, 0.1) is 6.42 Å². The molecule has 6 heteroatoms. The lowest BCUT2D eigenvalue weighted by Gasteiger charge is -2.19. The number of nitrogens with one attached hydrogen (secondary N) is 1. The Balaban J connectivity index is 4.35. The summed E-state index contributed by atoms with van der Waals surface area (Å²) in [6.45, 7) is 5.50. The molecule has 0 spiro atoms. The lowest BCUT2D eigenvalue weighted by atomic mass is 9.92. The van der Waals surface area contributed by atoms with Crippen LogP contribution in [0.1, 0.15) is 33.6 Å². The Kier molecular flexibility index (Phi) is 4.94. The second kappa shape index (κ2) is 5.48. The molecule has 0 aromatic carbocycles. The summed E-state index contributed by atoms with van der Waals surface area (Å²) in [5.74, 6) is -3.06. The first kappa shape index (κ1) is 14.4. The van der Waals surface area contributed by atoms with E-state index in [0.29, 0.717) is 0 Å². The van der Waals surface area contributed by atoms with Crippen molar-refractivity contribution in [3.8, 4) is 0 Å². The fourth-order valence-electron chi connectivity index (χ4n) is 1.10. The molecule has 16 heavy (non-hydrogen) atoms. The molecule has 0 aliphatic heterocycles. The first-order valence-electron chi connectivity index (χ1n) is 4.86. The third-order valence-electron chi connectivity index (χ3n) is 1.70. The van der Waals surface area contributed by atoms with Crippen molar-refractivity contribution < 1.29 is 24.6 Å². The highest BCUT2D eigenvalue weighted by molar-refractivity contribution is 5.86. The van der Waals surface area contributed by atoms with E-state index in [0.717, 1.165) is 0 Å². The summed E-state index contributed by atoms with van der Waals surface area (Å²) in [5, 5.41) is 19.3. The molecule has 1 amide bonds. The Hall–Kier alpha value is -1.59. The monoisotopic (exact) mass is 231 g/mol. The topological polar surface area (TPSA) is 104 Å². The van der Waals surface area contributed by atoms with Crippen LogP contribution in [0, 0.1) is 5.41 Å². The molecule has 0 heterocycles. The number of hydrogen-bond acceptors (Lipinski definition) is 3. The van der Waals surface area contributed by atoms with Crippen molar-refractivity contribution in [3.05, 3.63) is 0 Å². The van der Waals surface area contributed by atoms with Crippen LogP contribution in [-0.4, -0.2) is 34.1 Å². The average molecular weight is 231 g/mol. The lowest BCUT2D eigenvalue weighted by Crippen LogP contribution is -2.43. The molecule has 0 fully saturated rings. The van der Waals surface area contributed by atoms with Crippen LogP contribution < -0.4 is 5.32 Å². The number of carboxylic acids is 2. The summed E-state index contributed by atoms with van der Waals surface area (Å²) < 4.78 is 0. The molecule has 0 saturated heterocycles. The molecule has 0 radical (unpaired) electrons. The summed E-state index contributed by atoms with van der Waals surface area (Å²) >= 11 is 0. The number of aliphatic carboxylic acids is 2. The highest BCUT2D eigenvalue weighted by atomic mass is 16.4. The maximum atomic E-state index is 11.4. The molecule has 1 atom stereocenters. The van der Waals surface area contributed by atoms with Gasteiger partial charge in [0, 0.05) is 6.42 Å². The Morgan fingerprint density at radius 2 is 1.69 bits per heavy atom. The van der Waals surface area contributed by atoms with Crippen molar-refractivity contribution in [1.82, 2.24) is 5.32 Å². The third kappa shape index (κ3) is 6.80. The highest BCUT2D eigenvalue weighted by Gasteiger charge is 2.25. The number of carbonyl (C=O) groups is 3. The van der Waals surface area contributed by atoms with Gasteiger partial charge in [0.15, 0.2) is 0 Å². The minimum atomic E-state index is -1.37.